The summed E-state index contributed by atoms with van der Waals surface area (Å²) in [6.07, 6.45) is 0.635. The number of halogens is 1. The van der Waals surface area contributed by atoms with Crippen LogP contribution < -0.4 is 4.90 Å². The third kappa shape index (κ3) is 5.21. The van der Waals surface area contributed by atoms with E-state index in [-0.39, 0.29) is 11.7 Å². The van der Waals surface area contributed by atoms with Crippen molar-refractivity contribution in [3.63, 3.8) is 0 Å². The monoisotopic (exact) mass is 462 g/mol. The fourth-order valence-corrected chi connectivity index (χ4v) is 4.42. The van der Waals surface area contributed by atoms with Crippen LogP contribution >= 0.6 is 23.4 Å². The van der Waals surface area contributed by atoms with Gasteiger partial charge in [0.05, 0.1) is 5.75 Å². The van der Waals surface area contributed by atoms with Crippen LogP contribution in [0.5, 0.6) is 0 Å². The fourth-order valence-electron chi connectivity index (χ4n) is 3.45. The average Bonchev–Trinajstić information content (AvgIpc) is 3.22. The van der Waals surface area contributed by atoms with Gasteiger partial charge in [0.1, 0.15) is 5.82 Å². The minimum absolute atomic E-state index is 0.0268. The highest BCUT2D eigenvalue weighted by Crippen LogP contribution is 2.25. The molecule has 4 rings (SSSR count). The molecule has 0 aliphatic heterocycles. The lowest BCUT2D eigenvalue weighted by molar-refractivity contribution is -0.116. The molecule has 0 fully saturated rings. The van der Waals surface area contributed by atoms with E-state index in [1.807, 2.05) is 84.3 Å². The molecule has 0 unspecified atom stereocenters. The number of carbonyl (C=O) groups excluding carboxylic acids is 1. The predicted octanol–water partition coefficient (Wildman–Crippen LogP) is 5.66. The van der Waals surface area contributed by atoms with Gasteiger partial charge in [0.15, 0.2) is 5.16 Å². The van der Waals surface area contributed by atoms with Crippen LogP contribution in [-0.4, -0.2) is 33.0 Å². The van der Waals surface area contributed by atoms with Crippen LogP contribution in [0.3, 0.4) is 0 Å². The quantitative estimate of drug-likeness (QED) is 0.317. The molecule has 0 spiro atoms. The summed E-state index contributed by atoms with van der Waals surface area (Å²) in [4.78, 5) is 14.7. The van der Waals surface area contributed by atoms with Gasteiger partial charge in [-0.25, -0.2) is 0 Å². The highest BCUT2D eigenvalue weighted by molar-refractivity contribution is 7.99. The Kier molecular flexibility index (Phi) is 7.24. The van der Waals surface area contributed by atoms with E-state index in [1.54, 1.807) is 4.90 Å². The summed E-state index contributed by atoms with van der Waals surface area (Å²) in [5, 5.41) is 10.2. The van der Waals surface area contributed by atoms with Crippen LogP contribution in [0.25, 0.3) is 5.69 Å². The second-order valence-electron chi connectivity index (χ2n) is 7.14. The third-order valence-electron chi connectivity index (χ3n) is 5.00. The number of thioether (sulfide) groups is 1. The molecule has 5 nitrogen and oxygen atoms in total. The predicted molar refractivity (Wildman–Crippen MR) is 131 cm³/mol. The lowest BCUT2D eigenvalue weighted by Gasteiger charge is -2.20. The van der Waals surface area contributed by atoms with Crippen molar-refractivity contribution >= 4 is 35.0 Å². The zero-order valence-corrected chi connectivity index (χ0v) is 19.3. The van der Waals surface area contributed by atoms with Crippen molar-refractivity contribution < 1.29 is 4.79 Å². The van der Waals surface area contributed by atoms with Gasteiger partial charge in [0.2, 0.25) is 5.91 Å². The molecule has 0 aliphatic carbocycles. The highest BCUT2D eigenvalue weighted by Gasteiger charge is 2.19. The first kappa shape index (κ1) is 22.1. The van der Waals surface area contributed by atoms with Crippen LogP contribution in [-0.2, 0) is 11.2 Å². The van der Waals surface area contributed by atoms with Crippen LogP contribution in [0.1, 0.15) is 18.3 Å². The molecular weight excluding hydrogens is 440 g/mol. The maximum Gasteiger partial charge on any atom is 0.237 e. The number of aromatic nitrogens is 3. The number of para-hydroxylation sites is 1. The molecule has 0 aliphatic rings. The summed E-state index contributed by atoms with van der Waals surface area (Å²) in [5.74, 6) is 1.10. The van der Waals surface area contributed by atoms with Crippen LogP contribution in [0.15, 0.2) is 90.1 Å². The van der Waals surface area contributed by atoms with Gasteiger partial charge in [-0.3, -0.25) is 9.36 Å². The number of amides is 1. The Morgan fingerprint density at radius 1 is 0.938 bits per heavy atom. The second-order valence-corrected chi connectivity index (χ2v) is 8.51. The van der Waals surface area contributed by atoms with Crippen LogP contribution in [0, 0.1) is 0 Å². The van der Waals surface area contributed by atoms with E-state index in [1.165, 1.54) is 11.8 Å². The molecule has 1 amide bonds. The number of nitrogens with zero attached hydrogens (tertiary/aromatic N) is 4. The molecule has 0 saturated carbocycles. The maximum atomic E-state index is 13.0. The Bertz CT molecular complexity index is 1160. The molecule has 7 heteroatoms. The number of hydrogen-bond acceptors (Lipinski definition) is 4. The molecule has 0 radical (unpaired) electrons. The van der Waals surface area contributed by atoms with E-state index in [0.29, 0.717) is 23.1 Å². The Hall–Kier alpha value is -3.09. The Balaban J connectivity index is 1.59. The Morgan fingerprint density at radius 3 is 2.25 bits per heavy atom. The minimum atomic E-state index is 0.0268. The summed E-state index contributed by atoms with van der Waals surface area (Å²) in [6.45, 7) is 2.58. The van der Waals surface area contributed by atoms with E-state index >= 15 is 0 Å². The van der Waals surface area contributed by atoms with Gasteiger partial charge in [0.25, 0.3) is 0 Å². The molecule has 0 atom stereocenters. The lowest BCUT2D eigenvalue weighted by Crippen LogP contribution is -2.32. The van der Waals surface area contributed by atoms with E-state index in [4.69, 9.17) is 11.6 Å². The van der Waals surface area contributed by atoms with E-state index in [0.717, 1.165) is 22.8 Å². The van der Waals surface area contributed by atoms with Crippen molar-refractivity contribution in [1.82, 2.24) is 14.8 Å². The third-order valence-corrected chi connectivity index (χ3v) is 6.17. The summed E-state index contributed by atoms with van der Waals surface area (Å²) in [7, 11) is 0. The number of anilines is 1. The molecule has 1 aromatic heterocycles. The topological polar surface area (TPSA) is 51.0 Å². The Morgan fingerprint density at radius 2 is 1.59 bits per heavy atom. The largest absolute Gasteiger partial charge is 0.312 e. The molecule has 0 saturated heterocycles. The zero-order chi connectivity index (χ0) is 22.3. The highest BCUT2D eigenvalue weighted by atomic mass is 35.5. The van der Waals surface area contributed by atoms with Gasteiger partial charge >= 0.3 is 0 Å². The van der Waals surface area contributed by atoms with Gasteiger partial charge in [-0.05, 0) is 48.9 Å². The fraction of sp³-hybridized carbons (Fsp3) is 0.160. The van der Waals surface area contributed by atoms with Crippen molar-refractivity contribution in [2.75, 3.05) is 17.2 Å². The first-order chi connectivity index (χ1) is 15.7. The lowest BCUT2D eigenvalue weighted by atomic mass is 10.1. The molecule has 32 heavy (non-hydrogen) atoms. The number of carbonyl (C=O) groups is 1. The van der Waals surface area contributed by atoms with Gasteiger partial charge in [-0.1, -0.05) is 71.9 Å². The molecule has 4 aromatic rings. The minimum Gasteiger partial charge on any atom is -0.312 e. The number of hydrogen-bond donors (Lipinski definition) is 0. The van der Waals surface area contributed by atoms with Crippen molar-refractivity contribution in [2.45, 2.75) is 18.5 Å². The van der Waals surface area contributed by atoms with Crippen molar-refractivity contribution in [1.29, 1.82) is 0 Å². The molecule has 0 bridgehead atoms. The van der Waals surface area contributed by atoms with Crippen molar-refractivity contribution in [3.05, 3.63) is 101 Å². The normalized spacial score (nSPS) is 10.8. The van der Waals surface area contributed by atoms with E-state index in [2.05, 4.69) is 22.3 Å². The van der Waals surface area contributed by atoms with Gasteiger partial charge in [0, 0.05) is 29.4 Å². The van der Waals surface area contributed by atoms with E-state index < -0.39 is 0 Å². The molecule has 1 heterocycles. The number of rotatable bonds is 8. The van der Waals surface area contributed by atoms with Crippen molar-refractivity contribution in [2.24, 2.45) is 0 Å². The van der Waals surface area contributed by atoms with Crippen LogP contribution in [0.2, 0.25) is 5.02 Å². The van der Waals surface area contributed by atoms with E-state index in [9.17, 15) is 4.79 Å². The molecule has 3 aromatic carbocycles. The first-order valence-corrected chi connectivity index (χ1v) is 11.7. The molecule has 0 N–H and O–H groups in total. The summed E-state index contributed by atoms with van der Waals surface area (Å²) in [5.41, 5.74) is 2.95. The zero-order valence-electron chi connectivity index (χ0n) is 17.7. The summed E-state index contributed by atoms with van der Waals surface area (Å²) in [6, 6.07) is 27.4. The standard InChI is InChI=1S/C25H23ClN4OS/c1-2-29(21-11-7-4-8-12-21)24(31)18-32-25-28-27-23(17-19-9-5-3-6-10-19)30(25)22-15-13-20(26)14-16-22/h3-16H,2,17-18H2,1H3. The average molecular weight is 463 g/mol. The smallest absolute Gasteiger partial charge is 0.237 e. The maximum absolute atomic E-state index is 13.0. The summed E-state index contributed by atoms with van der Waals surface area (Å²) < 4.78 is 2.00. The van der Waals surface area contributed by atoms with Gasteiger partial charge < -0.3 is 4.90 Å². The summed E-state index contributed by atoms with van der Waals surface area (Å²) >= 11 is 7.49. The van der Waals surface area contributed by atoms with Gasteiger partial charge in [-0.15, -0.1) is 10.2 Å². The van der Waals surface area contributed by atoms with Crippen LogP contribution in [0.4, 0.5) is 5.69 Å². The van der Waals surface area contributed by atoms with Crippen molar-refractivity contribution in [3.8, 4) is 5.69 Å². The second kappa shape index (κ2) is 10.5. The molecule has 162 valence electrons. The van der Waals surface area contributed by atoms with Gasteiger partial charge in [-0.2, -0.15) is 0 Å². The first-order valence-electron chi connectivity index (χ1n) is 10.4. The number of benzene rings is 3. The SMILES string of the molecule is CCN(C(=O)CSc1nnc(Cc2ccccc2)n1-c1ccc(Cl)cc1)c1ccccc1. The molecular formula is C25H23ClN4OS. The Labute approximate surface area is 197 Å².